The highest BCUT2D eigenvalue weighted by Crippen LogP contribution is 2.46. The Bertz CT molecular complexity index is 5840. The molecule has 0 bridgehead atoms. The van der Waals surface area contributed by atoms with Crippen LogP contribution in [0.4, 0.5) is 0 Å². The quantitative estimate of drug-likeness (QED) is 0.172. The highest BCUT2D eigenvalue weighted by atomic mass is 32.1. The van der Waals surface area contributed by atoms with Crippen LogP contribution in [0.1, 0.15) is 26.1 Å². The summed E-state index contributed by atoms with van der Waals surface area (Å²) in [6, 6.07) is 32.9. The summed E-state index contributed by atoms with van der Waals surface area (Å²) in [7, 11) is 0. The number of para-hydroxylation sites is 6. The molecule has 0 amide bonds. The Labute approximate surface area is 440 Å². The minimum Gasteiger partial charge on any atom is -0.308 e. The van der Waals surface area contributed by atoms with Crippen LogP contribution in [0.5, 0.6) is 0 Å². The molecule has 0 aliphatic heterocycles. The number of aromatic nitrogens is 7. The molecule has 0 saturated heterocycles. The van der Waals surface area contributed by atoms with Crippen molar-refractivity contribution in [3.63, 3.8) is 0 Å². The van der Waals surface area contributed by atoms with E-state index in [9.17, 15) is 19.0 Å². The molecule has 10 aromatic carbocycles. The molecule has 6 heterocycles. The SMILES string of the molecule is [2H]c1c([2H])c([2H])c2c(c1[2H])c1ccccc1n2-c1nc(-c2c(-n3c4c([2H])c([2H])c([2H])c([2H])c4c4c([2H])c(C#N)c([2H])c([2H])c43)cccc2-n2c3ccccc3c3ccc4sc5ccccc5c4c32)nc(-n2c3ccccc3c3c([2H])c([2H])c([2H])c([2H])c32)n1. The van der Waals surface area contributed by atoms with Crippen LogP contribution in [0.3, 0.4) is 0 Å². The van der Waals surface area contributed by atoms with Crippen molar-refractivity contribution in [2.75, 3.05) is 0 Å². The summed E-state index contributed by atoms with van der Waals surface area (Å²) in [5, 5.41) is 14.7. The highest BCUT2D eigenvalue weighted by molar-refractivity contribution is 7.26. The van der Waals surface area contributed by atoms with E-state index in [0.29, 0.717) is 33.0 Å². The minimum absolute atomic E-state index is 0.0152. The molecule has 6 aromatic heterocycles. The van der Waals surface area contributed by atoms with Gasteiger partial charge in [-0.25, -0.2) is 0 Å². The number of rotatable bonds is 5. The van der Waals surface area contributed by atoms with E-state index in [4.69, 9.17) is 21.8 Å². The van der Waals surface area contributed by atoms with Crippen molar-refractivity contribution in [3.05, 3.63) is 224 Å². The van der Waals surface area contributed by atoms with Gasteiger partial charge in [-0.1, -0.05) is 139 Å². The van der Waals surface area contributed by atoms with E-state index in [0.717, 1.165) is 36.5 Å². The molecule has 0 atom stereocenters. The van der Waals surface area contributed by atoms with Crippen molar-refractivity contribution in [1.29, 1.82) is 5.26 Å². The van der Waals surface area contributed by atoms with Crippen molar-refractivity contribution in [3.8, 4) is 40.7 Å². The van der Waals surface area contributed by atoms with Crippen molar-refractivity contribution in [2.45, 2.75) is 0 Å². The van der Waals surface area contributed by atoms with Crippen LogP contribution in [-0.4, -0.2) is 33.2 Å². The summed E-state index contributed by atoms with van der Waals surface area (Å²) in [6.45, 7) is 0. The monoisotopic (exact) mass is 963 g/mol. The molecule has 0 radical (unpaired) electrons. The number of nitriles is 1. The van der Waals surface area contributed by atoms with Crippen molar-refractivity contribution in [2.24, 2.45) is 0 Å². The smallest absolute Gasteiger partial charge is 0.240 e. The second kappa shape index (κ2) is 15.1. The molecule has 0 fully saturated rings. The fraction of sp³-hybridized carbons (Fsp3) is 0. The van der Waals surface area contributed by atoms with Gasteiger partial charge >= 0.3 is 0 Å². The molecule has 0 unspecified atom stereocenters. The van der Waals surface area contributed by atoms with Gasteiger partial charge in [0.05, 0.1) is 93.3 Å². The van der Waals surface area contributed by atoms with Gasteiger partial charge < -0.3 is 9.13 Å². The van der Waals surface area contributed by atoms with Crippen LogP contribution in [-0.2, 0) is 0 Å². The molecule has 0 N–H and O–H groups in total. The first-order valence-electron chi connectivity index (χ1n) is 30.6. The average Bonchev–Trinajstić information content (AvgIpc) is 1.55. The Hall–Kier alpha value is -9.88. The standard InChI is InChI=1S/C64H36N8S/c65-37-38-32-34-54-47(36-38)44-21-6-8-23-48(44)69(54)55-29-15-30-56(70-49-24-9-5-20-43(49)45-33-35-58-59(61(45)70)46-22-7-14-31-57(46)73-58)60(55)62-66-63(71-50-25-10-1-16-39(50)40-17-2-11-26-51(40)71)68-64(67-62)72-52-27-12-3-18-41(52)42-19-4-13-28-53(42)72/h1-36H/i1D,3D,6D,8D,10D,12D,16D,18D,21D,23D,25D,27D,32D,34D,36D. The molecule has 8 nitrogen and oxygen atoms in total. The number of thiophene rings is 1. The van der Waals surface area contributed by atoms with E-state index in [1.54, 1.807) is 72.0 Å². The fourth-order valence-electron chi connectivity index (χ4n) is 10.9. The summed E-state index contributed by atoms with van der Waals surface area (Å²) in [5.41, 5.74) is 1.65. The van der Waals surface area contributed by atoms with E-state index in [1.807, 2.05) is 65.2 Å². The normalized spacial score (nSPS) is 15.0. The van der Waals surface area contributed by atoms with Crippen LogP contribution >= 0.6 is 11.3 Å². The molecule has 0 saturated carbocycles. The Morgan fingerprint density at radius 2 is 0.904 bits per heavy atom. The zero-order valence-electron chi connectivity index (χ0n) is 52.6. The summed E-state index contributed by atoms with van der Waals surface area (Å²) in [4.78, 5) is 16.1. The Morgan fingerprint density at radius 1 is 0.397 bits per heavy atom. The van der Waals surface area contributed by atoms with Crippen molar-refractivity contribution < 1.29 is 20.6 Å². The van der Waals surface area contributed by atoms with E-state index in [1.165, 1.54) is 13.7 Å². The first-order valence-corrected chi connectivity index (χ1v) is 23.9. The van der Waals surface area contributed by atoms with Crippen LogP contribution in [0, 0.1) is 11.3 Å². The number of nitrogens with zero attached hydrogens (tertiary/aromatic N) is 8. The average molecular weight is 964 g/mol. The lowest BCUT2D eigenvalue weighted by Crippen LogP contribution is -2.12. The molecule has 73 heavy (non-hydrogen) atoms. The number of benzene rings is 10. The molecule has 0 spiro atoms. The van der Waals surface area contributed by atoms with Gasteiger partial charge in [-0.3, -0.25) is 9.13 Å². The van der Waals surface area contributed by atoms with Gasteiger partial charge in [-0.05, 0) is 78.7 Å². The van der Waals surface area contributed by atoms with Crippen LogP contribution in [0.15, 0.2) is 218 Å². The second-order valence-electron chi connectivity index (χ2n) is 17.5. The van der Waals surface area contributed by atoms with Crippen LogP contribution < -0.4 is 0 Å². The Kier molecular flexibility index (Phi) is 5.80. The van der Waals surface area contributed by atoms with E-state index in [2.05, 4.69) is 12.1 Å². The summed E-state index contributed by atoms with van der Waals surface area (Å²) in [5.74, 6) is -0.670. The third-order valence-corrected chi connectivity index (χ3v) is 14.9. The molecule has 9 heteroatoms. The third kappa shape index (κ3) is 5.55. The predicted molar refractivity (Wildman–Crippen MR) is 300 cm³/mol. The predicted octanol–water partition coefficient (Wildman–Crippen LogP) is 16.2. The minimum atomic E-state index is -0.658. The number of hydrogen-bond acceptors (Lipinski definition) is 5. The summed E-state index contributed by atoms with van der Waals surface area (Å²) in [6.07, 6.45) is 0. The topological polar surface area (TPSA) is 82.2 Å². The molecule has 16 aromatic rings. The lowest BCUT2D eigenvalue weighted by molar-refractivity contribution is 0.891. The largest absolute Gasteiger partial charge is 0.308 e. The van der Waals surface area contributed by atoms with Crippen molar-refractivity contribution >= 4 is 119 Å². The van der Waals surface area contributed by atoms with Gasteiger partial charge in [0.1, 0.15) is 0 Å². The number of hydrogen-bond donors (Lipinski definition) is 0. The fourth-order valence-corrected chi connectivity index (χ4v) is 12.0. The molecular weight excluding hydrogens is 913 g/mol. The maximum absolute atomic E-state index is 10.5. The second-order valence-corrected chi connectivity index (χ2v) is 18.6. The maximum atomic E-state index is 10.5. The van der Waals surface area contributed by atoms with E-state index >= 15 is 0 Å². The van der Waals surface area contributed by atoms with Crippen molar-refractivity contribution in [1.82, 2.24) is 33.2 Å². The lowest BCUT2D eigenvalue weighted by Gasteiger charge is -2.20. The summed E-state index contributed by atoms with van der Waals surface area (Å²) >= 11 is 1.61. The maximum Gasteiger partial charge on any atom is 0.240 e. The molecular formula is C64H36N8S. The zero-order chi connectivity index (χ0) is 60.9. The van der Waals surface area contributed by atoms with Crippen LogP contribution in [0.25, 0.3) is 142 Å². The molecule has 338 valence electrons. The van der Waals surface area contributed by atoms with Gasteiger partial charge in [0.25, 0.3) is 0 Å². The third-order valence-electron chi connectivity index (χ3n) is 13.8. The summed E-state index contributed by atoms with van der Waals surface area (Å²) < 4.78 is 148. The zero-order valence-corrected chi connectivity index (χ0v) is 38.4. The van der Waals surface area contributed by atoms with Gasteiger partial charge in [-0.15, -0.1) is 11.3 Å². The van der Waals surface area contributed by atoms with Crippen LogP contribution in [0.2, 0.25) is 0 Å². The lowest BCUT2D eigenvalue weighted by atomic mass is 10.1. The molecule has 0 aliphatic carbocycles. The van der Waals surface area contributed by atoms with E-state index in [-0.39, 0.29) is 84.7 Å². The van der Waals surface area contributed by atoms with Gasteiger partial charge in [0.2, 0.25) is 11.9 Å². The van der Waals surface area contributed by atoms with Gasteiger partial charge in [-0.2, -0.15) is 20.2 Å². The number of fused-ring (bicyclic) bond motifs is 16. The first-order chi connectivity index (χ1) is 42.4. The van der Waals surface area contributed by atoms with Gasteiger partial charge in [0.15, 0.2) is 5.82 Å². The first kappa shape index (κ1) is 28.1. The van der Waals surface area contributed by atoms with E-state index < -0.39 is 84.1 Å². The highest BCUT2D eigenvalue weighted by Gasteiger charge is 2.28. The van der Waals surface area contributed by atoms with Gasteiger partial charge in [0, 0.05) is 63.3 Å². The molecule has 16 rings (SSSR count). The molecule has 0 aliphatic rings. The Balaban J connectivity index is 1.18. The Morgan fingerprint density at radius 3 is 1.53 bits per heavy atom.